The third-order valence-electron chi connectivity index (χ3n) is 4.84. The first kappa shape index (κ1) is 16.7. The number of nitrogens with two attached hydrogens (primary N) is 1. The summed E-state index contributed by atoms with van der Waals surface area (Å²) >= 11 is 4.94. The van der Waals surface area contributed by atoms with Crippen molar-refractivity contribution < 1.29 is 4.79 Å². The number of nitrogens with one attached hydrogen (secondary N) is 1. The van der Waals surface area contributed by atoms with Gasteiger partial charge in [0.15, 0.2) is 0 Å². The minimum Gasteiger partial charge on any atom is -0.392 e. The van der Waals surface area contributed by atoms with E-state index < -0.39 is 0 Å². The van der Waals surface area contributed by atoms with Gasteiger partial charge in [-0.05, 0) is 25.2 Å². The quantitative estimate of drug-likeness (QED) is 0.739. The van der Waals surface area contributed by atoms with Gasteiger partial charge in [-0.3, -0.25) is 9.69 Å². The highest BCUT2D eigenvalue weighted by molar-refractivity contribution is 7.80. The summed E-state index contributed by atoms with van der Waals surface area (Å²) in [5.74, 6) is 1.03. The summed E-state index contributed by atoms with van der Waals surface area (Å²) in [6.07, 6.45) is 10.5. The lowest BCUT2D eigenvalue weighted by molar-refractivity contribution is -0.122. The second-order valence-corrected chi connectivity index (χ2v) is 7.15. The molecule has 1 aliphatic heterocycles. The van der Waals surface area contributed by atoms with Crippen molar-refractivity contribution in [2.24, 2.45) is 11.7 Å². The Bertz CT molecular complexity index is 347. The van der Waals surface area contributed by atoms with Crippen LogP contribution >= 0.6 is 12.2 Å². The van der Waals surface area contributed by atoms with E-state index in [-0.39, 0.29) is 5.91 Å². The molecule has 0 aromatic carbocycles. The number of carbonyl (C=O) groups excluding carboxylic acids is 1. The number of rotatable bonds is 6. The van der Waals surface area contributed by atoms with E-state index in [0.29, 0.717) is 24.0 Å². The molecule has 1 saturated carbocycles. The van der Waals surface area contributed by atoms with Gasteiger partial charge < -0.3 is 11.1 Å². The molecule has 0 spiro atoms. The normalized spacial score (nSPS) is 22.1. The van der Waals surface area contributed by atoms with Crippen molar-refractivity contribution in [1.29, 1.82) is 0 Å². The van der Waals surface area contributed by atoms with E-state index in [0.717, 1.165) is 38.3 Å². The molecule has 4 nitrogen and oxygen atoms in total. The van der Waals surface area contributed by atoms with Gasteiger partial charge in [0.05, 0.1) is 4.99 Å². The van der Waals surface area contributed by atoms with Gasteiger partial charge in [-0.25, -0.2) is 0 Å². The van der Waals surface area contributed by atoms with E-state index in [4.69, 9.17) is 18.0 Å². The van der Waals surface area contributed by atoms with Crippen LogP contribution in [0.5, 0.6) is 0 Å². The SMILES string of the molecule is NC(=S)CN1CCC(NC(=O)CCC2CCCCC2)CC1. The maximum Gasteiger partial charge on any atom is 0.220 e. The van der Waals surface area contributed by atoms with Crippen LogP contribution in [0.1, 0.15) is 57.8 Å². The van der Waals surface area contributed by atoms with Crippen molar-refractivity contribution >= 4 is 23.1 Å². The fourth-order valence-corrected chi connectivity index (χ4v) is 3.75. The van der Waals surface area contributed by atoms with Crippen LogP contribution in [-0.2, 0) is 4.79 Å². The van der Waals surface area contributed by atoms with Crippen molar-refractivity contribution in [3.63, 3.8) is 0 Å². The van der Waals surface area contributed by atoms with Crippen molar-refractivity contribution in [1.82, 2.24) is 10.2 Å². The van der Waals surface area contributed by atoms with Gasteiger partial charge in [-0.1, -0.05) is 44.3 Å². The first-order valence-corrected chi connectivity index (χ1v) is 8.84. The van der Waals surface area contributed by atoms with Crippen molar-refractivity contribution in [2.75, 3.05) is 19.6 Å². The number of piperidine rings is 1. The van der Waals surface area contributed by atoms with Gasteiger partial charge in [0.25, 0.3) is 0 Å². The molecule has 1 heterocycles. The van der Waals surface area contributed by atoms with Crippen LogP contribution < -0.4 is 11.1 Å². The Morgan fingerprint density at radius 1 is 1.14 bits per heavy atom. The highest BCUT2D eigenvalue weighted by Crippen LogP contribution is 2.27. The lowest BCUT2D eigenvalue weighted by atomic mass is 9.86. The predicted molar refractivity (Wildman–Crippen MR) is 90.2 cm³/mol. The van der Waals surface area contributed by atoms with E-state index in [2.05, 4.69) is 10.2 Å². The van der Waals surface area contributed by atoms with Crippen molar-refractivity contribution in [3.8, 4) is 0 Å². The largest absolute Gasteiger partial charge is 0.392 e. The second kappa shape index (κ2) is 8.69. The molecule has 2 fully saturated rings. The van der Waals surface area contributed by atoms with E-state index in [9.17, 15) is 4.79 Å². The molecule has 0 aromatic heterocycles. The predicted octanol–water partition coefficient (Wildman–Crippen LogP) is 2.21. The summed E-state index contributed by atoms with van der Waals surface area (Å²) in [6.45, 7) is 2.66. The Balaban J connectivity index is 1.59. The van der Waals surface area contributed by atoms with Crippen LogP contribution in [0.25, 0.3) is 0 Å². The minimum atomic E-state index is 0.244. The molecule has 0 aromatic rings. The number of hydrogen-bond acceptors (Lipinski definition) is 3. The van der Waals surface area contributed by atoms with Crippen LogP contribution in [0.3, 0.4) is 0 Å². The molecule has 2 rings (SSSR count). The van der Waals surface area contributed by atoms with Crippen LogP contribution in [-0.4, -0.2) is 41.5 Å². The number of nitrogens with zero attached hydrogens (tertiary/aromatic N) is 1. The molecule has 1 aliphatic carbocycles. The zero-order chi connectivity index (χ0) is 15.1. The van der Waals surface area contributed by atoms with Crippen LogP contribution in [0.4, 0.5) is 0 Å². The Morgan fingerprint density at radius 3 is 2.43 bits per heavy atom. The molecule has 120 valence electrons. The number of carbonyl (C=O) groups is 1. The van der Waals surface area contributed by atoms with Gasteiger partial charge in [0, 0.05) is 32.1 Å². The van der Waals surface area contributed by atoms with Crippen LogP contribution in [0.15, 0.2) is 0 Å². The van der Waals surface area contributed by atoms with Gasteiger partial charge in [0.2, 0.25) is 5.91 Å². The Kier molecular flexibility index (Phi) is 6.90. The van der Waals surface area contributed by atoms with Crippen molar-refractivity contribution in [3.05, 3.63) is 0 Å². The van der Waals surface area contributed by atoms with Crippen molar-refractivity contribution in [2.45, 2.75) is 63.8 Å². The average molecular weight is 311 g/mol. The molecule has 0 unspecified atom stereocenters. The van der Waals surface area contributed by atoms with Crippen LogP contribution in [0.2, 0.25) is 0 Å². The smallest absolute Gasteiger partial charge is 0.220 e. The van der Waals surface area contributed by atoms with Gasteiger partial charge in [-0.15, -0.1) is 0 Å². The summed E-state index contributed by atoms with van der Waals surface area (Å²) < 4.78 is 0. The Hall–Kier alpha value is -0.680. The zero-order valence-corrected chi connectivity index (χ0v) is 13.8. The Morgan fingerprint density at radius 2 is 1.81 bits per heavy atom. The first-order valence-electron chi connectivity index (χ1n) is 8.43. The summed E-state index contributed by atoms with van der Waals surface area (Å²) in [6, 6.07) is 0.339. The molecule has 2 aliphatic rings. The fraction of sp³-hybridized carbons (Fsp3) is 0.875. The summed E-state index contributed by atoms with van der Waals surface area (Å²) in [4.78, 5) is 14.9. The molecule has 1 amide bonds. The highest BCUT2D eigenvalue weighted by atomic mass is 32.1. The monoisotopic (exact) mass is 311 g/mol. The fourth-order valence-electron chi connectivity index (χ4n) is 3.57. The maximum atomic E-state index is 12.0. The van der Waals surface area contributed by atoms with E-state index in [1.165, 1.54) is 32.1 Å². The number of thiocarbonyl (C=S) groups is 1. The second-order valence-electron chi connectivity index (χ2n) is 6.63. The lowest BCUT2D eigenvalue weighted by Crippen LogP contribution is -2.46. The molecule has 1 saturated heterocycles. The molecule has 3 N–H and O–H groups in total. The van der Waals surface area contributed by atoms with Crippen LogP contribution in [0, 0.1) is 5.92 Å². The number of amides is 1. The molecule has 0 radical (unpaired) electrons. The minimum absolute atomic E-state index is 0.244. The third kappa shape index (κ3) is 6.30. The maximum absolute atomic E-state index is 12.0. The number of hydrogen-bond donors (Lipinski definition) is 2. The summed E-state index contributed by atoms with van der Waals surface area (Å²) in [5.41, 5.74) is 5.57. The standard InChI is InChI=1S/C16H29N3OS/c17-15(21)12-19-10-8-14(9-11-19)18-16(20)7-6-13-4-2-1-3-5-13/h13-14H,1-12H2,(H2,17,21)(H,18,20). The molecule has 0 atom stereocenters. The number of likely N-dealkylation sites (tertiary alicyclic amines) is 1. The zero-order valence-electron chi connectivity index (χ0n) is 13.0. The van der Waals surface area contributed by atoms with E-state index in [1.54, 1.807) is 0 Å². The third-order valence-corrected chi connectivity index (χ3v) is 4.97. The molecule has 21 heavy (non-hydrogen) atoms. The lowest BCUT2D eigenvalue weighted by Gasteiger charge is -2.32. The topological polar surface area (TPSA) is 58.4 Å². The van der Waals surface area contributed by atoms with E-state index >= 15 is 0 Å². The summed E-state index contributed by atoms with van der Waals surface area (Å²) in [5, 5.41) is 3.20. The Labute approximate surface area is 133 Å². The highest BCUT2D eigenvalue weighted by Gasteiger charge is 2.21. The van der Waals surface area contributed by atoms with Gasteiger partial charge in [0.1, 0.15) is 0 Å². The van der Waals surface area contributed by atoms with E-state index in [1.807, 2.05) is 0 Å². The average Bonchev–Trinajstić information content (AvgIpc) is 2.48. The molecule has 5 heteroatoms. The molecule has 0 bridgehead atoms. The molecular formula is C16H29N3OS. The van der Waals surface area contributed by atoms with Gasteiger partial charge in [-0.2, -0.15) is 0 Å². The van der Waals surface area contributed by atoms with Gasteiger partial charge >= 0.3 is 0 Å². The first-order chi connectivity index (χ1) is 10.1. The molecular weight excluding hydrogens is 282 g/mol. The summed E-state index contributed by atoms with van der Waals surface area (Å²) in [7, 11) is 0.